The molecule has 0 aromatic rings. The van der Waals surface area contributed by atoms with E-state index in [0.717, 1.165) is 26.1 Å². The van der Waals surface area contributed by atoms with E-state index in [1.165, 1.54) is 0 Å². The number of esters is 1. The molecule has 1 unspecified atom stereocenters. The van der Waals surface area contributed by atoms with E-state index in [2.05, 4.69) is 5.32 Å². The average molecular weight is 245 g/mol. The summed E-state index contributed by atoms with van der Waals surface area (Å²) in [6, 6.07) is 0. The molecule has 0 saturated carbocycles. The molecule has 5 heteroatoms. The third kappa shape index (κ3) is 4.26. The highest BCUT2D eigenvalue weighted by Gasteiger charge is 2.34. The minimum absolute atomic E-state index is 0.186. The summed E-state index contributed by atoms with van der Waals surface area (Å²) in [6.45, 7) is 5.78. The lowest BCUT2D eigenvalue weighted by Gasteiger charge is -2.30. The molecule has 100 valence electrons. The first-order chi connectivity index (χ1) is 8.12. The lowest BCUT2D eigenvalue weighted by molar-refractivity contribution is -0.154. The molecule has 0 bridgehead atoms. The largest absolute Gasteiger partial charge is 0.465 e. The maximum Gasteiger partial charge on any atom is 0.328 e. The first-order valence-corrected chi connectivity index (χ1v) is 6.18. The molecule has 1 atom stereocenters. The zero-order valence-corrected chi connectivity index (χ0v) is 11.0. The van der Waals surface area contributed by atoms with Crippen molar-refractivity contribution in [3.05, 3.63) is 0 Å². The summed E-state index contributed by atoms with van der Waals surface area (Å²) < 4.78 is 16.1. The second kappa shape index (κ2) is 6.93. The highest BCUT2D eigenvalue weighted by Crippen LogP contribution is 2.14. The first kappa shape index (κ1) is 14.4. The number of likely N-dealkylation sites (N-methyl/N-ethyl adjacent to an activating group) is 1. The molecule has 0 aliphatic carbocycles. The van der Waals surface area contributed by atoms with Crippen molar-refractivity contribution in [1.29, 1.82) is 0 Å². The van der Waals surface area contributed by atoms with Gasteiger partial charge in [0.05, 0.1) is 19.3 Å². The Morgan fingerprint density at radius 2 is 2.12 bits per heavy atom. The predicted molar refractivity (Wildman–Crippen MR) is 63.9 cm³/mol. The maximum atomic E-state index is 11.8. The molecule has 1 N–H and O–H groups in total. The Labute approximate surface area is 103 Å². The molecule has 1 aliphatic heterocycles. The highest BCUT2D eigenvalue weighted by molar-refractivity contribution is 5.80. The van der Waals surface area contributed by atoms with Crippen molar-refractivity contribution in [1.82, 2.24) is 5.32 Å². The minimum Gasteiger partial charge on any atom is -0.465 e. The number of hydrogen-bond donors (Lipinski definition) is 1. The topological polar surface area (TPSA) is 56.8 Å². The molecule has 0 amide bonds. The van der Waals surface area contributed by atoms with E-state index in [1.807, 2.05) is 0 Å². The van der Waals surface area contributed by atoms with Crippen LogP contribution < -0.4 is 5.32 Å². The fourth-order valence-electron chi connectivity index (χ4n) is 1.65. The summed E-state index contributed by atoms with van der Waals surface area (Å²) in [4.78, 5) is 11.8. The monoisotopic (exact) mass is 245 g/mol. The summed E-state index contributed by atoms with van der Waals surface area (Å²) in [5, 5.41) is 2.97. The fraction of sp³-hybridized carbons (Fsp3) is 0.917. The number of ether oxygens (including phenoxy) is 3. The third-order valence-electron chi connectivity index (χ3n) is 3.05. The molecule has 0 spiro atoms. The van der Waals surface area contributed by atoms with Crippen molar-refractivity contribution in [2.24, 2.45) is 0 Å². The van der Waals surface area contributed by atoms with Gasteiger partial charge in [-0.1, -0.05) is 0 Å². The molecule has 1 saturated heterocycles. The molecular weight excluding hydrogens is 222 g/mol. The van der Waals surface area contributed by atoms with Crippen LogP contribution in [0.5, 0.6) is 0 Å². The number of rotatable bonds is 6. The summed E-state index contributed by atoms with van der Waals surface area (Å²) in [5.41, 5.74) is -0.770. The van der Waals surface area contributed by atoms with Crippen molar-refractivity contribution in [3.63, 3.8) is 0 Å². The number of carbonyl (C=O) groups is 1. The Hall–Kier alpha value is -0.650. The molecule has 1 rings (SSSR count). The normalized spacial score (nSPS) is 20.9. The van der Waals surface area contributed by atoms with Gasteiger partial charge < -0.3 is 19.5 Å². The smallest absolute Gasteiger partial charge is 0.328 e. The van der Waals surface area contributed by atoms with E-state index in [0.29, 0.717) is 13.2 Å². The van der Waals surface area contributed by atoms with E-state index >= 15 is 0 Å². The van der Waals surface area contributed by atoms with Crippen LogP contribution in [0.2, 0.25) is 0 Å². The van der Waals surface area contributed by atoms with E-state index in [9.17, 15) is 4.79 Å². The van der Waals surface area contributed by atoms with Crippen LogP contribution in [-0.4, -0.2) is 51.1 Å². The molecule has 1 fully saturated rings. The van der Waals surface area contributed by atoms with Gasteiger partial charge in [0.2, 0.25) is 0 Å². The Morgan fingerprint density at radius 1 is 1.47 bits per heavy atom. The van der Waals surface area contributed by atoms with Crippen molar-refractivity contribution in [2.75, 3.05) is 33.5 Å². The van der Waals surface area contributed by atoms with Crippen LogP contribution in [0.3, 0.4) is 0 Å². The van der Waals surface area contributed by atoms with E-state index in [1.54, 1.807) is 20.9 Å². The van der Waals surface area contributed by atoms with Crippen LogP contribution >= 0.6 is 0 Å². The molecule has 17 heavy (non-hydrogen) atoms. The van der Waals surface area contributed by atoms with Crippen LogP contribution in [0.25, 0.3) is 0 Å². The van der Waals surface area contributed by atoms with E-state index < -0.39 is 5.54 Å². The Morgan fingerprint density at radius 3 is 2.65 bits per heavy atom. The van der Waals surface area contributed by atoms with Gasteiger partial charge in [-0.05, 0) is 33.7 Å². The lowest BCUT2D eigenvalue weighted by atomic mass is 10.0. The average Bonchev–Trinajstić information content (AvgIpc) is 2.37. The second-order valence-electron chi connectivity index (χ2n) is 4.43. The Balaban J connectivity index is 2.41. The zero-order valence-electron chi connectivity index (χ0n) is 11.0. The van der Waals surface area contributed by atoms with Gasteiger partial charge in [-0.3, -0.25) is 0 Å². The summed E-state index contributed by atoms with van der Waals surface area (Å²) >= 11 is 0. The third-order valence-corrected chi connectivity index (χ3v) is 3.05. The maximum absolute atomic E-state index is 11.8. The van der Waals surface area contributed by atoms with Crippen molar-refractivity contribution in [3.8, 4) is 0 Å². The van der Waals surface area contributed by atoms with Gasteiger partial charge in [0.1, 0.15) is 5.54 Å². The highest BCUT2D eigenvalue weighted by atomic mass is 16.5. The standard InChI is InChI=1S/C12H23NO4/c1-4-16-11(14)12(2,13-3)9-17-10-5-7-15-8-6-10/h10,13H,4-9H2,1-3H3. The minimum atomic E-state index is -0.770. The second-order valence-corrected chi connectivity index (χ2v) is 4.43. The van der Waals surface area contributed by atoms with Crippen LogP contribution in [0.15, 0.2) is 0 Å². The summed E-state index contributed by atoms with van der Waals surface area (Å²) in [6.07, 6.45) is 1.97. The molecule has 1 heterocycles. The first-order valence-electron chi connectivity index (χ1n) is 6.18. The van der Waals surface area contributed by atoms with Crippen LogP contribution in [-0.2, 0) is 19.0 Å². The van der Waals surface area contributed by atoms with Gasteiger partial charge in [-0.25, -0.2) is 4.79 Å². The number of carbonyl (C=O) groups excluding carboxylic acids is 1. The van der Waals surface area contributed by atoms with Gasteiger partial charge in [0, 0.05) is 13.2 Å². The van der Waals surface area contributed by atoms with Crippen molar-refractivity contribution < 1.29 is 19.0 Å². The van der Waals surface area contributed by atoms with Crippen LogP contribution in [0.4, 0.5) is 0 Å². The number of hydrogen-bond acceptors (Lipinski definition) is 5. The van der Waals surface area contributed by atoms with E-state index in [-0.39, 0.29) is 12.1 Å². The van der Waals surface area contributed by atoms with Gasteiger partial charge in [0.25, 0.3) is 0 Å². The lowest BCUT2D eigenvalue weighted by Crippen LogP contribution is -2.53. The summed E-state index contributed by atoms with van der Waals surface area (Å²) in [7, 11) is 1.74. The quantitative estimate of drug-likeness (QED) is 0.699. The van der Waals surface area contributed by atoms with Gasteiger partial charge in [-0.15, -0.1) is 0 Å². The Kier molecular flexibility index (Phi) is 5.88. The van der Waals surface area contributed by atoms with Crippen LogP contribution in [0.1, 0.15) is 26.7 Å². The number of nitrogens with one attached hydrogen (secondary N) is 1. The molecule has 1 aliphatic rings. The predicted octanol–water partition coefficient (Wildman–Crippen LogP) is 0.723. The van der Waals surface area contributed by atoms with Crippen molar-refractivity contribution >= 4 is 5.97 Å². The van der Waals surface area contributed by atoms with Crippen molar-refractivity contribution in [2.45, 2.75) is 38.3 Å². The van der Waals surface area contributed by atoms with E-state index in [4.69, 9.17) is 14.2 Å². The van der Waals surface area contributed by atoms with Gasteiger partial charge >= 0.3 is 5.97 Å². The molecular formula is C12H23NO4. The molecule has 5 nitrogen and oxygen atoms in total. The fourth-order valence-corrected chi connectivity index (χ4v) is 1.65. The Bertz CT molecular complexity index is 241. The molecule has 0 radical (unpaired) electrons. The van der Waals surface area contributed by atoms with Gasteiger partial charge in [-0.2, -0.15) is 0 Å². The van der Waals surface area contributed by atoms with Crippen LogP contribution in [0, 0.1) is 0 Å². The molecule has 0 aromatic carbocycles. The summed E-state index contributed by atoms with van der Waals surface area (Å²) in [5.74, 6) is -0.269. The van der Waals surface area contributed by atoms with Gasteiger partial charge in [0.15, 0.2) is 0 Å². The zero-order chi connectivity index (χ0) is 12.7. The molecule has 0 aromatic heterocycles. The SMILES string of the molecule is CCOC(=O)C(C)(COC1CCOCC1)NC.